The molecule has 0 amide bonds. The molecule has 9 aromatic rings. The van der Waals surface area contributed by atoms with E-state index in [0.29, 0.717) is 5.69 Å². The van der Waals surface area contributed by atoms with Gasteiger partial charge in [-0.25, -0.2) is 4.98 Å². The Bertz CT molecular complexity index is 2540. The Morgan fingerprint density at radius 1 is 0.568 bits per heavy atom. The molecule has 0 atom stereocenters. The van der Waals surface area contributed by atoms with E-state index >= 15 is 0 Å². The lowest BCUT2D eigenvalue weighted by molar-refractivity contribution is 0.669. The predicted molar refractivity (Wildman–Crippen MR) is 181 cm³/mol. The van der Waals surface area contributed by atoms with Crippen molar-refractivity contribution in [1.29, 1.82) is 0 Å². The average molecular weight is 571 g/mol. The molecule has 0 unspecified atom stereocenters. The van der Waals surface area contributed by atoms with Crippen LogP contribution in [0.25, 0.3) is 55.5 Å². The summed E-state index contributed by atoms with van der Waals surface area (Å²) in [5.41, 5.74) is 17.5. The number of nitrogens with zero attached hydrogens (tertiary/aromatic N) is 3. The third-order valence-corrected chi connectivity index (χ3v) is 8.25. The molecule has 0 aliphatic heterocycles. The van der Waals surface area contributed by atoms with Gasteiger partial charge >= 0.3 is 0 Å². The summed E-state index contributed by atoms with van der Waals surface area (Å²) in [6.07, 6.45) is 0. The number of nitrogens with two attached hydrogens (primary N) is 1. The SMILES string of the molecule is Nc1ccccc1Nc1ccccc1Nc1ccc2oc3ccc(-n4c5ccccc5n5c6ccccc6nc45)cc3c2c1. The largest absolute Gasteiger partial charge is 0.456 e. The molecule has 0 bridgehead atoms. The minimum absolute atomic E-state index is 0.695. The van der Waals surface area contributed by atoms with Gasteiger partial charge in [-0.05, 0) is 84.9 Å². The molecule has 6 aromatic carbocycles. The smallest absolute Gasteiger partial charge is 0.220 e. The summed E-state index contributed by atoms with van der Waals surface area (Å²) >= 11 is 0. The van der Waals surface area contributed by atoms with Gasteiger partial charge in [-0.2, -0.15) is 0 Å². The second-order valence-corrected chi connectivity index (χ2v) is 10.9. The van der Waals surface area contributed by atoms with E-state index < -0.39 is 0 Å². The van der Waals surface area contributed by atoms with Crippen LogP contribution in [0.4, 0.5) is 28.4 Å². The molecule has 210 valence electrons. The molecule has 44 heavy (non-hydrogen) atoms. The van der Waals surface area contributed by atoms with E-state index in [1.165, 1.54) is 0 Å². The number of imidazole rings is 2. The Morgan fingerprint density at radius 3 is 2.02 bits per heavy atom. The van der Waals surface area contributed by atoms with Crippen LogP contribution in [0.15, 0.2) is 138 Å². The lowest BCUT2D eigenvalue weighted by Crippen LogP contribution is -1.99. The van der Waals surface area contributed by atoms with Crippen LogP contribution >= 0.6 is 0 Å². The van der Waals surface area contributed by atoms with Crippen molar-refractivity contribution in [2.24, 2.45) is 0 Å². The monoisotopic (exact) mass is 570 g/mol. The van der Waals surface area contributed by atoms with E-state index in [1.807, 2.05) is 66.7 Å². The van der Waals surface area contributed by atoms with Crippen molar-refractivity contribution in [2.45, 2.75) is 0 Å². The third-order valence-electron chi connectivity index (χ3n) is 8.25. The summed E-state index contributed by atoms with van der Waals surface area (Å²) in [6.45, 7) is 0. The number of fused-ring (bicyclic) bond motifs is 8. The number of benzene rings is 6. The summed E-state index contributed by atoms with van der Waals surface area (Å²) in [4.78, 5) is 5.04. The first-order valence-corrected chi connectivity index (χ1v) is 14.5. The molecule has 7 heteroatoms. The molecule has 0 saturated carbocycles. The zero-order valence-corrected chi connectivity index (χ0v) is 23.5. The maximum absolute atomic E-state index is 6.28. The Labute approximate surface area is 251 Å². The van der Waals surface area contributed by atoms with Crippen molar-refractivity contribution in [1.82, 2.24) is 14.0 Å². The van der Waals surface area contributed by atoms with Crippen LogP contribution in [0.2, 0.25) is 0 Å². The molecule has 3 heterocycles. The fraction of sp³-hybridized carbons (Fsp3) is 0. The normalized spacial score (nSPS) is 11.7. The van der Waals surface area contributed by atoms with Gasteiger partial charge in [0.15, 0.2) is 0 Å². The lowest BCUT2D eigenvalue weighted by atomic mass is 10.1. The number of para-hydroxylation sites is 8. The second-order valence-electron chi connectivity index (χ2n) is 10.9. The second kappa shape index (κ2) is 9.40. The minimum atomic E-state index is 0.695. The molecule has 4 N–H and O–H groups in total. The Hall–Kier alpha value is -6.21. The van der Waals surface area contributed by atoms with Gasteiger partial charge in [-0.1, -0.05) is 48.5 Å². The molecule has 0 fully saturated rings. The van der Waals surface area contributed by atoms with Gasteiger partial charge in [0.1, 0.15) is 11.2 Å². The highest BCUT2D eigenvalue weighted by Gasteiger charge is 2.18. The number of nitrogens with one attached hydrogen (secondary N) is 2. The Balaban J connectivity index is 1.16. The van der Waals surface area contributed by atoms with Crippen molar-refractivity contribution in [2.75, 3.05) is 16.4 Å². The fourth-order valence-electron chi connectivity index (χ4n) is 6.20. The summed E-state index contributed by atoms with van der Waals surface area (Å²) in [6, 6.07) is 45.1. The lowest BCUT2D eigenvalue weighted by Gasteiger charge is -2.15. The predicted octanol–water partition coefficient (Wildman–Crippen LogP) is 9.40. The molecule has 9 rings (SSSR count). The van der Waals surface area contributed by atoms with E-state index in [0.717, 1.165) is 78.2 Å². The summed E-state index contributed by atoms with van der Waals surface area (Å²) in [7, 11) is 0. The van der Waals surface area contributed by atoms with Crippen LogP contribution < -0.4 is 16.4 Å². The quantitative estimate of drug-likeness (QED) is 0.180. The van der Waals surface area contributed by atoms with Crippen molar-refractivity contribution in [3.8, 4) is 5.69 Å². The molecular weight excluding hydrogens is 544 g/mol. The standard InChI is InChI=1S/C37H26N6O/c38-27-9-1-2-10-28(27)40-30-12-4-3-11-29(30)39-23-17-19-35-25(21-23)26-22-24(18-20-36(26)44-35)42-33-15-7-8-16-34(33)43-32-14-6-5-13-31(32)41-37(42)43/h1-22,39-40H,38H2. The van der Waals surface area contributed by atoms with Crippen LogP contribution in [0, 0.1) is 0 Å². The van der Waals surface area contributed by atoms with Crippen molar-refractivity contribution in [3.05, 3.63) is 133 Å². The van der Waals surface area contributed by atoms with Gasteiger partial charge in [0.05, 0.1) is 50.5 Å². The van der Waals surface area contributed by atoms with E-state index in [4.69, 9.17) is 15.1 Å². The van der Waals surface area contributed by atoms with E-state index in [2.05, 4.69) is 86.3 Å². The van der Waals surface area contributed by atoms with E-state index in [1.54, 1.807) is 0 Å². The number of hydrogen-bond donors (Lipinski definition) is 3. The van der Waals surface area contributed by atoms with Gasteiger partial charge < -0.3 is 20.8 Å². The van der Waals surface area contributed by atoms with Gasteiger partial charge in [-0.15, -0.1) is 0 Å². The van der Waals surface area contributed by atoms with Gasteiger partial charge in [0, 0.05) is 16.5 Å². The average Bonchev–Trinajstić information content (AvgIpc) is 3.71. The highest BCUT2D eigenvalue weighted by molar-refractivity contribution is 6.07. The van der Waals surface area contributed by atoms with Crippen LogP contribution in [-0.4, -0.2) is 14.0 Å². The molecule has 0 aliphatic rings. The zero-order chi connectivity index (χ0) is 29.2. The number of nitrogen functional groups attached to an aromatic ring is 1. The number of hydrogen-bond acceptors (Lipinski definition) is 5. The van der Waals surface area contributed by atoms with Gasteiger partial charge in [0.25, 0.3) is 0 Å². The van der Waals surface area contributed by atoms with E-state index in [9.17, 15) is 0 Å². The summed E-state index contributed by atoms with van der Waals surface area (Å²) < 4.78 is 10.7. The minimum Gasteiger partial charge on any atom is -0.456 e. The van der Waals surface area contributed by atoms with Crippen LogP contribution in [0.1, 0.15) is 0 Å². The molecule has 3 aromatic heterocycles. The maximum atomic E-state index is 6.28. The summed E-state index contributed by atoms with van der Waals surface area (Å²) in [5.74, 6) is 0.880. The van der Waals surface area contributed by atoms with Crippen LogP contribution in [-0.2, 0) is 0 Å². The highest BCUT2D eigenvalue weighted by Crippen LogP contribution is 2.36. The van der Waals surface area contributed by atoms with Crippen molar-refractivity contribution >= 4 is 78.2 Å². The molecule has 0 aliphatic carbocycles. The molecule has 0 radical (unpaired) electrons. The summed E-state index contributed by atoms with van der Waals surface area (Å²) in [5, 5.41) is 9.14. The van der Waals surface area contributed by atoms with E-state index in [-0.39, 0.29) is 0 Å². The number of rotatable bonds is 5. The number of aromatic nitrogens is 3. The first-order chi connectivity index (χ1) is 21.7. The first kappa shape index (κ1) is 24.4. The van der Waals surface area contributed by atoms with Crippen molar-refractivity contribution < 1.29 is 4.42 Å². The zero-order valence-electron chi connectivity index (χ0n) is 23.5. The van der Waals surface area contributed by atoms with Crippen LogP contribution in [0.3, 0.4) is 0 Å². The fourth-order valence-corrected chi connectivity index (χ4v) is 6.20. The van der Waals surface area contributed by atoms with Crippen LogP contribution in [0.5, 0.6) is 0 Å². The topological polar surface area (TPSA) is 85.5 Å². The Morgan fingerprint density at radius 2 is 1.20 bits per heavy atom. The maximum Gasteiger partial charge on any atom is 0.220 e. The molecule has 7 nitrogen and oxygen atoms in total. The van der Waals surface area contributed by atoms with Crippen molar-refractivity contribution in [3.63, 3.8) is 0 Å². The van der Waals surface area contributed by atoms with Gasteiger partial charge in [0.2, 0.25) is 5.78 Å². The van der Waals surface area contributed by atoms with Gasteiger partial charge in [-0.3, -0.25) is 8.97 Å². The molecule has 0 saturated heterocycles. The first-order valence-electron chi connectivity index (χ1n) is 14.5. The number of furan rings is 1. The third kappa shape index (κ3) is 3.73. The molecular formula is C37H26N6O. The molecule has 0 spiro atoms. The highest BCUT2D eigenvalue weighted by atomic mass is 16.3. The number of anilines is 5. The Kier molecular flexibility index (Phi) is 5.21.